The van der Waals surface area contributed by atoms with Crippen molar-refractivity contribution in [2.45, 2.75) is 12.8 Å². The van der Waals surface area contributed by atoms with Crippen molar-refractivity contribution in [2.75, 3.05) is 30.3 Å². The van der Waals surface area contributed by atoms with Gasteiger partial charge in [0.25, 0.3) is 0 Å². The molecule has 0 radical (unpaired) electrons. The van der Waals surface area contributed by atoms with Crippen LogP contribution in [0.3, 0.4) is 0 Å². The number of allylic oxidation sites excluding steroid dienone is 1. The van der Waals surface area contributed by atoms with Crippen LogP contribution in [0.1, 0.15) is 29.5 Å². The zero-order valence-corrected chi connectivity index (χ0v) is 21.3. The van der Waals surface area contributed by atoms with Gasteiger partial charge in [0.05, 0.1) is 17.3 Å². The molecule has 8 nitrogen and oxygen atoms in total. The van der Waals surface area contributed by atoms with Crippen molar-refractivity contribution in [2.24, 2.45) is 11.8 Å². The van der Waals surface area contributed by atoms with E-state index in [1.54, 1.807) is 36.5 Å². The summed E-state index contributed by atoms with van der Waals surface area (Å²) in [6, 6.07) is 19.2. The summed E-state index contributed by atoms with van der Waals surface area (Å²) in [4.78, 5) is 30.8. The van der Waals surface area contributed by atoms with Gasteiger partial charge in [0, 0.05) is 38.3 Å². The molecular formula is C31H27N5O3. The normalized spacial score (nSPS) is 19.8. The molecule has 0 bridgehead atoms. The van der Waals surface area contributed by atoms with Crippen molar-refractivity contribution >= 4 is 35.0 Å². The summed E-state index contributed by atoms with van der Waals surface area (Å²) in [6.07, 6.45) is 8.68. The number of hydrogen-bond acceptors (Lipinski definition) is 6. The Labute approximate surface area is 226 Å². The number of benzene rings is 2. The van der Waals surface area contributed by atoms with E-state index in [1.807, 2.05) is 29.2 Å². The molecule has 1 fully saturated rings. The van der Waals surface area contributed by atoms with Crippen molar-refractivity contribution in [3.05, 3.63) is 89.6 Å². The summed E-state index contributed by atoms with van der Waals surface area (Å²) >= 11 is 0. The summed E-state index contributed by atoms with van der Waals surface area (Å²) in [7, 11) is 0. The Kier molecular flexibility index (Phi) is 6.55. The third-order valence-electron chi connectivity index (χ3n) is 7.38. The Morgan fingerprint density at radius 3 is 2.82 bits per heavy atom. The van der Waals surface area contributed by atoms with Gasteiger partial charge in [0.15, 0.2) is 5.82 Å². The summed E-state index contributed by atoms with van der Waals surface area (Å²) in [6.45, 7) is 2.00. The molecule has 2 aromatic carbocycles. The molecule has 2 aliphatic heterocycles. The first-order chi connectivity index (χ1) is 19.0. The fourth-order valence-corrected chi connectivity index (χ4v) is 5.39. The number of anilines is 2. The number of nitrogens with zero attached hydrogens (tertiary/aromatic N) is 3. The highest BCUT2D eigenvalue weighted by Crippen LogP contribution is 2.41. The molecule has 2 atom stereocenters. The topological polar surface area (TPSA) is 107 Å². The molecule has 1 aliphatic carbocycles. The summed E-state index contributed by atoms with van der Waals surface area (Å²) in [5.41, 5.74) is 4.60. The average Bonchev–Trinajstić information content (AvgIpc) is 3.47. The molecule has 2 N–H and O–H groups in total. The number of rotatable bonds is 5. The second-order valence-corrected chi connectivity index (χ2v) is 10.1. The fourth-order valence-electron chi connectivity index (χ4n) is 5.39. The largest absolute Gasteiger partial charge is 0.457 e. The second kappa shape index (κ2) is 10.5. The number of likely N-dealkylation sites (tertiary alicyclic amines) is 1. The zero-order chi connectivity index (χ0) is 26.8. The van der Waals surface area contributed by atoms with Gasteiger partial charge in [-0.3, -0.25) is 9.59 Å². The average molecular weight is 518 g/mol. The van der Waals surface area contributed by atoms with Crippen molar-refractivity contribution in [1.82, 2.24) is 9.88 Å². The SMILES string of the molecule is N#Cc1cccc(Oc2ccc(C3=C[C@H]4CN(C(=O)/C=C/c5cnc6c(c5)NCCC(=O)N6)C[C@H]4C3)cc2)c1. The van der Waals surface area contributed by atoms with E-state index in [0.29, 0.717) is 48.5 Å². The maximum absolute atomic E-state index is 12.9. The van der Waals surface area contributed by atoms with Crippen LogP contribution in [0, 0.1) is 23.2 Å². The highest BCUT2D eigenvalue weighted by atomic mass is 16.5. The molecule has 6 rings (SSSR count). The van der Waals surface area contributed by atoms with Crippen molar-refractivity contribution in [3.63, 3.8) is 0 Å². The van der Waals surface area contributed by atoms with Crippen molar-refractivity contribution in [1.29, 1.82) is 5.26 Å². The lowest BCUT2D eigenvalue weighted by Gasteiger charge is -2.15. The molecular weight excluding hydrogens is 490 g/mol. The van der Waals surface area contributed by atoms with Gasteiger partial charge in [-0.2, -0.15) is 5.26 Å². The monoisotopic (exact) mass is 517 g/mol. The molecule has 39 heavy (non-hydrogen) atoms. The molecule has 3 aliphatic rings. The van der Waals surface area contributed by atoms with Crippen LogP contribution in [0.25, 0.3) is 11.6 Å². The molecule has 2 amide bonds. The molecule has 0 spiro atoms. The van der Waals surface area contributed by atoms with Crippen molar-refractivity contribution in [3.8, 4) is 17.6 Å². The number of nitrogens with one attached hydrogen (secondary N) is 2. The van der Waals surface area contributed by atoms with Crippen LogP contribution in [-0.4, -0.2) is 41.3 Å². The predicted octanol–water partition coefficient (Wildman–Crippen LogP) is 5.07. The molecule has 3 heterocycles. The van der Waals surface area contributed by atoms with Gasteiger partial charge in [-0.25, -0.2) is 4.98 Å². The lowest BCUT2D eigenvalue weighted by atomic mass is 9.98. The van der Waals surface area contributed by atoms with Crippen LogP contribution in [0.2, 0.25) is 0 Å². The molecule has 1 saturated heterocycles. The predicted molar refractivity (Wildman–Crippen MR) is 149 cm³/mol. The highest BCUT2D eigenvalue weighted by molar-refractivity contribution is 5.95. The molecule has 3 aromatic rings. The number of pyridine rings is 1. The smallest absolute Gasteiger partial charge is 0.246 e. The second-order valence-electron chi connectivity index (χ2n) is 10.1. The Bertz CT molecular complexity index is 1540. The lowest BCUT2D eigenvalue weighted by Crippen LogP contribution is -2.27. The first kappa shape index (κ1) is 24.4. The van der Waals surface area contributed by atoms with Gasteiger partial charge < -0.3 is 20.3 Å². The maximum atomic E-state index is 12.9. The van der Waals surface area contributed by atoms with Crippen molar-refractivity contribution < 1.29 is 14.3 Å². The number of carbonyl (C=O) groups excluding carboxylic acids is 2. The molecule has 1 aromatic heterocycles. The zero-order valence-electron chi connectivity index (χ0n) is 21.3. The number of hydrogen-bond donors (Lipinski definition) is 2. The number of carbonyl (C=O) groups is 2. The first-order valence-corrected chi connectivity index (χ1v) is 13.0. The van der Waals surface area contributed by atoms with Crippen LogP contribution in [0.4, 0.5) is 11.5 Å². The van der Waals surface area contributed by atoms with Gasteiger partial charge in [0.1, 0.15) is 11.5 Å². The number of fused-ring (bicyclic) bond motifs is 2. The molecule has 0 saturated carbocycles. The van der Waals surface area contributed by atoms with E-state index in [0.717, 1.165) is 30.0 Å². The van der Waals surface area contributed by atoms with E-state index in [4.69, 9.17) is 10.00 Å². The van der Waals surface area contributed by atoms with Crippen LogP contribution in [0.5, 0.6) is 11.5 Å². The quantitative estimate of drug-likeness (QED) is 0.458. The van der Waals surface area contributed by atoms with Gasteiger partial charge in [-0.15, -0.1) is 0 Å². The van der Waals surface area contributed by atoms with Crippen LogP contribution >= 0.6 is 0 Å². The minimum Gasteiger partial charge on any atom is -0.457 e. The van der Waals surface area contributed by atoms with Gasteiger partial charge in [0.2, 0.25) is 11.8 Å². The van der Waals surface area contributed by atoms with Gasteiger partial charge in [-0.05, 0) is 77.4 Å². The minimum atomic E-state index is -0.0611. The number of nitriles is 1. The summed E-state index contributed by atoms with van der Waals surface area (Å²) < 4.78 is 5.90. The molecule has 0 unspecified atom stereocenters. The minimum absolute atomic E-state index is 0.00229. The van der Waals surface area contributed by atoms with E-state index in [9.17, 15) is 9.59 Å². The highest BCUT2D eigenvalue weighted by Gasteiger charge is 2.37. The number of amides is 2. The Hall–Kier alpha value is -4.90. The van der Waals surface area contributed by atoms with E-state index >= 15 is 0 Å². The third kappa shape index (κ3) is 5.39. The number of aromatic nitrogens is 1. The first-order valence-electron chi connectivity index (χ1n) is 13.0. The fraction of sp³-hybridized carbons (Fsp3) is 0.226. The standard InChI is InChI=1S/C31H27N5O3/c32-16-20-2-1-3-27(12-20)39-26-7-5-22(6-8-26)23-14-24-18-36(19-25(24)15-23)30(38)9-4-21-13-28-31(34-17-21)35-29(37)10-11-33-28/h1-9,12-14,17,24-25,33H,10-11,15,18-19H2,(H,34,35,37)/b9-4+/t24-,25+/m0/s1. The van der Waals surface area contributed by atoms with E-state index in [-0.39, 0.29) is 11.8 Å². The van der Waals surface area contributed by atoms with Gasteiger partial charge in [-0.1, -0.05) is 24.3 Å². The van der Waals surface area contributed by atoms with E-state index in [1.165, 1.54) is 11.1 Å². The Morgan fingerprint density at radius 1 is 1.13 bits per heavy atom. The molecule has 8 heteroatoms. The van der Waals surface area contributed by atoms with Crippen LogP contribution in [-0.2, 0) is 9.59 Å². The van der Waals surface area contributed by atoms with Gasteiger partial charge >= 0.3 is 0 Å². The molecule has 194 valence electrons. The van der Waals surface area contributed by atoms with E-state index in [2.05, 4.69) is 39.9 Å². The lowest BCUT2D eigenvalue weighted by molar-refractivity contribution is -0.125. The Balaban J connectivity index is 1.06. The summed E-state index contributed by atoms with van der Waals surface area (Å²) in [5.74, 6) is 2.59. The van der Waals surface area contributed by atoms with Crippen LogP contribution < -0.4 is 15.4 Å². The van der Waals surface area contributed by atoms with E-state index < -0.39 is 0 Å². The Morgan fingerprint density at radius 2 is 2.00 bits per heavy atom. The van der Waals surface area contributed by atoms with Crippen LogP contribution in [0.15, 0.2) is 72.9 Å². The summed E-state index contributed by atoms with van der Waals surface area (Å²) in [5, 5.41) is 15.1. The maximum Gasteiger partial charge on any atom is 0.246 e. The third-order valence-corrected chi connectivity index (χ3v) is 7.38. The number of ether oxygens (including phenoxy) is 1.